The van der Waals surface area contributed by atoms with Crippen molar-refractivity contribution in [2.24, 2.45) is 0 Å². The molecule has 2 atom stereocenters. The van der Waals surface area contributed by atoms with Crippen LogP contribution in [0.2, 0.25) is 5.15 Å². The molecular weight excluding hydrogens is 440 g/mol. The van der Waals surface area contributed by atoms with Crippen molar-refractivity contribution in [1.29, 1.82) is 0 Å². The van der Waals surface area contributed by atoms with Crippen LogP contribution in [0.1, 0.15) is 46.6 Å². The molecule has 174 valence electrons. The van der Waals surface area contributed by atoms with Crippen molar-refractivity contribution in [2.45, 2.75) is 38.5 Å². The molecule has 1 aromatic carbocycles. The number of nitrogens with zero attached hydrogens (tertiary/aromatic N) is 2. The number of pyridine rings is 2. The molecule has 0 radical (unpaired) electrons. The lowest BCUT2D eigenvalue weighted by Gasteiger charge is -2.23. The van der Waals surface area contributed by atoms with Crippen molar-refractivity contribution < 1.29 is 9.90 Å². The Morgan fingerprint density at radius 2 is 1.94 bits per heavy atom. The number of benzene rings is 1. The van der Waals surface area contributed by atoms with Crippen LogP contribution in [-0.2, 0) is 13.0 Å². The van der Waals surface area contributed by atoms with E-state index in [1.165, 1.54) is 6.07 Å². The van der Waals surface area contributed by atoms with Gasteiger partial charge in [0.05, 0.1) is 12.6 Å². The van der Waals surface area contributed by atoms with Crippen LogP contribution in [0.3, 0.4) is 0 Å². The Morgan fingerprint density at radius 1 is 1.18 bits per heavy atom. The molecule has 2 heterocycles. The van der Waals surface area contributed by atoms with Gasteiger partial charge in [0.15, 0.2) is 0 Å². The average Bonchev–Trinajstić information content (AvgIpc) is 2.82. The molecule has 0 aliphatic carbocycles. The minimum absolute atomic E-state index is 0.105. The van der Waals surface area contributed by atoms with E-state index in [9.17, 15) is 14.7 Å². The standard InChI is InChI=1S/C25H29ClN4O3/c1-3-21(24(32)19-11-12-22(26)28-15-19)27-14-13-17-7-9-18(10-8-17)25(33)30(2)16-20-5-4-6-23(31)29-20/h4-12,15,21,24,27,32H,3,13-14,16H2,1-2H3,(H,29,31). The molecule has 0 fully saturated rings. The van der Waals surface area contributed by atoms with E-state index < -0.39 is 6.10 Å². The van der Waals surface area contributed by atoms with Crippen molar-refractivity contribution in [2.75, 3.05) is 13.6 Å². The summed E-state index contributed by atoms with van der Waals surface area (Å²) < 4.78 is 0. The third kappa shape index (κ3) is 6.99. The molecule has 0 bridgehead atoms. The Bertz CT molecular complexity index is 1100. The lowest BCUT2D eigenvalue weighted by atomic mass is 10.0. The number of nitrogens with one attached hydrogen (secondary N) is 2. The zero-order chi connectivity index (χ0) is 23.8. The largest absolute Gasteiger partial charge is 0.387 e. The summed E-state index contributed by atoms with van der Waals surface area (Å²) in [5.41, 5.74) is 2.90. The topological polar surface area (TPSA) is 98.3 Å². The molecule has 1 amide bonds. The fourth-order valence-electron chi connectivity index (χ4n) is 3.62. The van der Waals surface area contributed by atoms with E-state index in [1.807, 2.05) is 31.2 Å². The van der Waals surface area contributed by atoms with Gasteiger partial charge in [0.25, 0.3) is 5.91 Å². The van der Waals surface area contributed by atoms with Crippen molar-refractivity contribution >= 4 is 17.5 Å². The zero-order valence-corrected chi connectivity index (χ0v) is 19.5. The highest BCUT2D eigenvalue weighted by atomic mass is 35.5. The van der Waals surface area contributed by atoms with E-state index in [0.29, 0.717) is 29.5 Å². The number of aliphatic hydroxyl groups is 1. The van der Waals surface area contributed by atoms with Crippen molar-refractivity contribution in [3.05, 3.63) is 98.7 Å². The van der Waals surface area contributed by atoms with Gasteiger partial charge in [0.2, 0.25) is 5.56 Å². The molecule has 3 aromatic rings. The Labute approximate surface area is 198 Å². The maximum absolute atomic E-state index is 12.7. The maximum atomic E-state index is 12.7. The third-order valence-electron chi connectivity index (χ3n) is 5.52. The van der Waals surface area contributed by atoms with Crippen LogP contribution in [0, 0.1) is 0 Å². The Kier molecular flexibility index (Phi) is 8.77. The van der Waals surface area contributed by atoms with E-state index in [4.69, 9.17) is 11.6 Å². The van der Waals surface area contributed by atoms with Crippen molar-refractivity contribution in [1.82, 2.24) is 20.2 Å². The molecule has 8 heteroatoms. The van der Waals surface area contributed by atoms with Gasteiger partial charge in [-0.2, -0.15) is 0 Å². The Morgan fingerprint density at radius 3 is 2.58 bits per heavy atom. The predicted octanol–water partition coefficient (Wildman–Crippen LogP) is 3.34. The predicted molar refractivity (Wildman–Crippen MR) is 129 cm³/mol. The van der Waals surface area contributed by atoms with Crippen LogP contribution >= 0.6 is 11.6 Å². The Hall–Kier alpha value is -3.00. The summed E-state index contributed by atoms with van der Waals surface area (Å²) in [6, 6.07) is 15.7. The van der Waals surface area contributed by atoms with Crippen LogP contribution in [0.4, 0.5) is 0 Å². The molecule has 0 spiro atoms. The molecular formula is C25H29ClN4O3. The summed E-state index contributed by atoms with van der Waals surface area (Å²) in [4.78, 5) is 32.5. The van der Waals surface area contributed by atoms with Gasteiger partial charge < -0.3 is 20.3 Å². The summed E-state index contributed by atoms with van der Waals surface area (Å²) in [5.74, 6) is -0.116. The first-order chi connectivity index (χ1) is 15.9. The Balaban J connectivity index is 1.51. The van der Waals surface area contributed by atoms with Crippen LogP contribution in [0.25, 0.3) is 0 Å². The van der Waals surface area contributed by atoms with Gasteiger partial charge in [0.1, 0.15) is 5.15 Å². The fraction of sp³-hybridized carbons (Fsp3) is 0.320. The van der Waals surface area contributed by atoms with Crippen LogP contribution in [-0.4, -0.2) is 45.5 Å². The van der Waals surface area contributed by atoms with E-state index >= 15 is 0 Å². The van der Waals surface area contributed by atoms with Crippen LogP contribution in [0.5, 0.6) is 0 Å². The van der Waals surface area contributed by atoms with Gasteiger partial charge in [-0.15, -0.1) is 0 Å². The summed E-state index contributed by atoms with van der Waals surface area (Å²) >= 11 is 5.83. The summed E-state index contributed by atoms with van der Waals surface area (Å²) in [5, 5.41) is 14.4. The number of amides is 1. The molecule has 2 aromatic heterocycles. The highest BCUT2D eigenvalue weighted by Gasteiger charge is 2.19. The first kappa shape index (κ1) is 24.6. The monoisotopic (exact) mass is 468 g/mol. The van der Waals surface area contributed by atoms with Gasteiger partial charge in [0, 0.05) is 42.2 Å². The number of aromatic amines is 1. The number of hydrogen-bond acceptors (Lipinski definition) is 5. The van der Waals surface area contributed by atoms with Crippen molar-refractivity contribution in [3.8, 4) is 0 Å². The summed E-state index contributed by atoms with van der Waals surface area (Å²) in [6.45, 7) is 3.03. The molecule has 0 aliphatic rings. The number of rotatable bonds is 10. The van der Waals surface area contributed by atoms with Gasteiger partial charge in [-0.05, 0) is 49.2 Å². The number of halogens is 1. The molecule has 2 unspecified atom stereocenters. The average molecular weight is 469 g/mol. The molecule has 3 N–H and O–H groups in total. The normalized spacial score (nSPS) is 12.8. The van der Waals surface area contributed by atoms with Gasteiger partial charge >= 0.3 is 0 Å². The maximum Gasteiger partial charge on any atom is 0.253 e. The number of hydrogen-bond donors (Lipinski definition) is 3. The van der Waals surface area contributed by atoms with E-state index in [1.54, 1.807) is 42.4 Å². The molecule has 0 saturated carbocycles. The van der Waals surface area contributed by atoms with Gasteiger partial charge in [-0.1, -0.05) is 42.8 Å². The van der Waals surface area contributed by atoms with Gasteiger partial charge in [-0.25, -0.2) is 4.98 Å². The minimum Gasteiger partial charge on any atom is -0.387 e. The lowest BCUT2D eigenvalue weighted by Crippen LogP contribution is -2.35. The van der Waals surface area contributed by atoms with Crippen LogP contribution < -0.4 is 10.9 Å². The highest BCUT2D eigenvalue weighted by molar-refractivity contribution is 6.29. The molecule has 33 heavy (non-hydrogen) atoms. The second kappa shape index (κ2) is 11.7. The molecule has 0 saturated heterocycles. The first-order valence-corrected chi connectivity index (χ1v) is 11.3. The van der Waals surface area contributed by atoms with E-state index in [2.05, 4.69) is 15.3 Å². The van der Waals surface area contributed by atoms with E-state index in [0.717, 1.165) is 24.0 Å². The highest BCUT2D eigenvalue weighted by Crippen LogP contribution is 2.19. The smallest absolute Gasteiger partial charge is 0.253 e. The number of carbonyl (C=O) groups is 1. The fourth-order valence-corrected chi connectivity index (χ4v) is 3.73. The molecule has 3 rings (SSSR count). The minimum atomic E-state index is -0.671. The molecule has 7 nitrogen and oxygen atoms in total. The summed E-state index contributed by atoms with van der Waals surface area (Å²) in [6.07, 6.45) is 2.45. The van der Waals surface area contributed by atoms with Crippen molar-refractivity contribution in [3.63, 3.8) is 0 Å². The second-order valence-corrected chi connectivity index (χ2v) is 8.36. The quantitative estimate of drug-likeness (QED) is 0.396. The lowest BCUT2D eigenvalue weighted by molar-refractivity contribution is 0.0783. The summed E-state index contributed by atoms with van der Waals surface area (Å²) in [7, 11) is 1.71. The van der Waals surface area contributed by atoms with Gasteiger partial charge in [-0.3, -0.25) is 9.59 Å². The van der Waals surface area contributed by atoms with E-state index in [-0.39, 0.29) is 17.5 Å². The number of H-pyrrole nitrogens is 1. The first-order valence-electron chi connectivity index (χ1n) is 10.9. The SMILES string of the molecule is CCC(NCCc1ccc(C(=O)N(C)Cc2cccc(=O)[nH]2)cc1)C(O)c1ccc(Cl)nc1. The zero-order valence-electron chi connectivity index (χ0n) is 18.8. The molecule has 0 aliphatic heterocycles. The third-order valence-corrected chi connectivity index (χ3v) is 5.74. The number of aromatic nitrogens is 2. The number of aliphatic hydroxyl groups excluding tert-OH is 1. The number of carbonyl (C=O) groups excluding carboxylic acids is 1. The van der Waals surface area contributed by atoms with Crippen LogP contribution in [0.15, 0.2) is 65.6 Å². The second-order valence-electron chi connectivity index (χ2n) is 7.98.